The summed E-state index contributed by atoms with van der Waals surface area (Å²) in [5.74, 6) is -0.305. The predicted octanol–water partition coefficient (Wildman–Crippen LogP) is 4.35. The molecule has 0 fully saturated rings. The molecule has 0 saturated heterocycles. The van der Waals surface area contributed by atoms with Gasteiger partial charge < -0.3 is 4.74 Å². The van der Waals surface area contributed by atoms with Gasteiger partial charge in [0.2, 0.25) is 0 Å². The molecule has 0 N–H and O–H groups in total. The molecule has 2 aromatic rings. The largest absolute Gasteiger partial charge is 0.465 e. The number of carbonyl (C=O) groups excluding carboxylic acids is 1. The normalized spacial score (nSPS) is 10.2. The van der Waals surface area contributed by atoms with E-state index in [9.17, 15) is 4.79 Å². The monoisotopic (exact) mass is 290 g/mol. The van der Waals surface area contributed by atoms with Gasteiger partial charge in [-0.15, -0.1) is 11.8 Å². The molecule has 0 unspecified atom stereocenters. The molecule has 0 aliphatic heterocycles. The number of hydrogen-bond acceptors (Lipinski definition) is 4. The lowest BCUT2D eigenvalue weighted by atomic mass is 10.2. The van der Waals surface area contributed by atoms with Crippen LogP contribution in [0.15, 0.2) is 63.2 Å². The Morgan fingerprint density at radius 2 is 1.68 bits per heavy atom. The summed E-state index contributed by atoms with van der Waals surface area (Å²) in [4.78, 5) is 14.9. The average molecular weight is 290 g/mol. The van der Waals surface area contributed by atoms with Crippen LogP contribution in [0.5, 0.6) is 0 Å². The Bertz CT molecular complexity index is 565. The van der Waals surface area contributed by atoms with E-state index in [0.717, 1.165) is 4.90 Å². The van der Waals surface area contributed by atoms with Gasteiger partial charge in [-0.05, 0) is 48.7 Å². The lowest BCUT2D eigenvalue weighted by Crippen LogP contribution is -2.00. The number of carbonyl (C=O) groups is 1. The lowest BCUT2D eigenvalue weighted by Gasteiger charge is -2.04. The van der Waals surface area contributed by atoms with Gasteiger partial charge in [0.1, 0.15) is 0 Å². The molecule has 0 aliphatic carbocycles. The SMILES string of the molecule is COC(=O)c1ccc(Sc2cccc(SC)c2)cc1. The maximum Gasteiger partial charge on any atom is 0.337 e. The first kappa shape index (κ1) is 14.0. The highest BCUT2D eigenvalue weighted by atomic mass is 32.2. The van der Waals surface area contributed by atoms with Crippen molar-refractivity contribution in [3.05, 3.63) is 54.1 Å². The molecule has 0 amide bonds. The molecule has 2 nitrogen and oxygen atoms in total. The third-order valence-corrected chi connectivity index (χ3v) is 4.28. The second-order valence-electron chi connectivity index (χ2n) is 3.80. The zero-order chi connectivity index (χ0) is 13.7. The van der Waals surface area contributed by atoms with E-state index < -0.39 is 0 Å². The second kappa shape index (κ2) is 6.68. The van der Waals surface area contributed by atoms with E-state index in [1.807, 2.05) is 12.1 Å². The first-order valence-corrected chi connectivity index (χ1v) is 7.77. The Labute approximate surface area is 121 Å². The highest BCUT2D eigenvalue weighted by Crippen LogP contribution is 2.30. The van der Waals surface area contributed by atoms with E-state index in [1.54, 1.807) is 35.7 Å². The van der Waals surface area contributed by atoms with Crippen molar-refractivity contribution < 1.29 is 9.53 Å². The molecule has 0 saturated carbocycles. The molecule has 0 aliphatic rings. The maximum atomic E-state index is 11.3. The summed E-state index contributed by atoms with van der Waals surface area (Å²) in [5.41, 5.74) is 0.574. The molecule has 2 rings (SSSR count). The van der Waals surface area contributed by atoms with Gasteiger partial charge in [-0.1, -0.05) is 17.8 Å². The zero-order valence-corrected chi connectivity index (χ0v) is 12.4. The Kier molecular flexibility index (Phi) is 4.93. The highest BCUT2D eigenvalue weighted by molar-refractivity contribution is 7.99. The van der Waals surface area contributed by atoms with Crippen molar-refractivity contribution in [2.45, 2.75) is 14.7 Å². The van der Waals surface area contributed by atoms with Crippen LogP contribution in [0.4, 0.5) is 0 Å². The van der Waals surface area contributed by atoms with E-state index in [0.29, 0.717) is 5.56 Å². The number of benzene rings is 2. The van der Waals surface area contributed by atoms with Crippen LogP contribution in [0.3, 0.4) is 0 Å². The summed E-state index contributed by atoms with van der Waals surface area (Å²) in [7, 11) is 1.39. The molecule has 0 bridgehead atoms. The van der Waals surface area contributed by atoms with Gasteiger partial charge in [0.05, 0.1) is 12.7 Å². The number of methoxy groups -OCH3 is 1. The summed E-state index contributed by atoms with van der Waals surface area (Å²) < 4.78 is 4.68. The fourth-order valence-corrected chi connectivity index (χ4v) is 2.99. The summed E-state index contributed by atoms with van der Waals surface area (Å²) >= 11 is 3.41. The molecule has 0 aromatic heterocycles. The fourth-order valence-electron chi connectivity index (χ4n) is 1.58. The van der Waals surface area contributed by atoms with Crippen molar-refractivity contribution in [3.8, 4) is 0 Å². The van der Waals surface area contributed by atoms with Crippen LogP contribution in [0.1, 0.15) is 10.4 Å². The van der Waals surface area contributed by atoms with Gasteiger partial charge in [-0.3, -0.25) is 0 Å². The Balaban J connectivity index is 2.12. The highest BCUT2D eigenvalue weighted by Gasteiger charge is 2.05. The van der Waals surface area contributed by atoms with Crippen LogP contribution in [-0.2, 0) is 4.74 Å². The molecular weight excluding hydrogens is 276 g/mol. The van der Waals surface area contributed by atoms with Crippen LogP contribution in [0, 0.1) is 0 Å². The number of esters is 1. The number of hydrogen-bond donors (Lipinski definition) is 0. The first-order chi connectivity index (χ1) is 9.22. The van der Waals surface area contributed by atoms with Gasteiger partial charge in [-0.2, -0.15) is 0 Å². The molecule has 19 heavy (non-hydrogen) atoms. The van der Waals surface area contributed by atoms with Crippen molar-refractivity contribution >= 4 is 29.5 Å². The minimum absolute atomic E-state index is 0.305. The van der Waals surface area contributed by atoms with E-state index in [-0.39, 0.29) is 5.97 Å². The summed E-state index contributed by atoms with van der Waals surface area (Å²) in [6, 6.07) is 15.8. The van der Waals surface area contributed by atoms with Crippen molar-refractivity contribution in [2.24, 2.45) is 0 Å². The van der Waals surface area contributed by atoms with Gasteiger partial charge >= 0.3 is 5.97 Å². The van der Waals surface area contributed by atoms with Crippen LogP contribution in [0.2, 0.25) is 0 Å². The number of rotatable bonds is 4. The minimum atomic E-state index is -0.305. The van der Waals surface area contributed by atoms with Gasteiger partial charge in [0, 0.05) is 14.7 Å². The average Bonchev–Trinajstić information content (AvgIpc) is 2.47. The van der Waals surface area contributed by atoms with E-state index in [4.69, 9.17) is 0 Å². The van der Waals surface area contributed by atoms with Gasteiger partial charge in [0.15, 0.2) is 0 Å². The first-order valence-electron chi connectivity index (χ1n) is 5.73. The molecule has 0 atom stereocenters. The van der Waals surface area contributed by atoms with Crippen LogP contribution < -0.4 is 0 Å². The quantitative estimate of drug-likeness (QED) is 0.618. The molecule has 0 spiro atoms. The number of thioether (sulfide) groups is 1. The summed E-state index contributed by atoms with van der Waals surface area (Å²) in [5, 5.41) is 0. The number of ether oxygens (including phenoxy) is 1. The third kappa shape index (κ3) is 3.78. The minimum Gasteiger partial charge on any atom is -0.465 e. The van der Waals surface area contributed by atoms with Gasteiger partial charge in [-0.25, -0.2) is 4.79 Å². The second-order valence-corrected chi connectivity index (χ2v) is 5.82. The van der Waals surface area contributed by atoms with Crippen LogP contribution in [-0.4, -0.2) is 19.3 Å². The van der Waals surface area contributed by atoms with Crippen molar-refractivity contribution in [1.29, 1.82) is 0 Å². The van der Waals surface area contributed by atoms with Gasteiger partial charge in [0.25, 0.3) is 0 Å². The summed E-state index contributed by atoms with van der Waals surface area (Å²) in [6.45, 7) is 0. The Hall–Kier alpha value is -1.39. The molecule has 98 valence electrons. The van der Waals surface area contributed by atoms with E-state index in [2.05, 4.69) is 35.3 Å². The van der Waals surface area contributed by atoms with Crippen molar-refractivity contribution in [2.75, 3.05) is 13.4 Å². The standard InChI is InChI=1S/C15H14O2S2/c1-17-15(16)11-6-8-12(9-7-11)19-14-5-3-4-13(10-14)18-2/h3-10H,1-2H3. The third-order valence-electron chi connectivity index (χ3n) is 2.55. The Morgan fingerprint density at radius 1 is 1.00 bits per heavy atom. The van der Waals surface area contributed by atoms with Crippen LogP contribution in [0.25, 0.3) is 0 Å². The molecular formula is C15H14O2S2. The van der Waals surface area contributed by atoms with Crippen LogP contribution >= 0.6 is 23.5 Å². The smallest absolute Gasteiger partial charge is 0.337 e. The predicted molar refractivity (Wildman–Crippen MR) is 80.1 cm³/mol. The van der Waals surface area contributed by atoms with E-state index in [1.165, 1.54) is 16.9 Å². The van der Waals surface area contributed by atoms with Crippen molar-refractivity contribution in [3.63, 3.8) is 0 Å². The molecule has 0 radical (unpaired) electrons. The van der Waals surface area contributed by atoms with E-state index >= 15 is 0 Å². The van der Waals surface area contributed by atoms with Crippen molar-refractivity contribution in [1.82, 2.24) is 0 Å². The topological polar surface area (TPSA) is 26.3 Å². The summed E-state index contributed by atoms with van der Waals surface area (Å²) in [6.07, 6.45) is 2.06. The maximum absolute atomic E-state index is 11.3. The molecule has 4 heteroatoms. The molecule has 0 heterocycles. The molecule has 2 aromatic carbocycles. The lowest BCUT2D eigenvalue weighted by molar-refractivity contribution is 0.0600. The Morgan fingerprint density at radius 3 is 2.32 bits per heavy atom. The zero-order valence-electron chi connectivity index (χ0n) is 10.8. The fraction of sp³-hybridized carbons (Fsp3) is 0.133.